The van der Waals surface area contributed by atoms with E-state index in [-0.39, 0.29) is 12.0 Å². The molecule has 0 N–H and O–H groups in total. The summed E-state index contributed by atoms with van der Waals surface area (Å²) in [4.78, 5) is 24.1. The van der Waals surface area contributed by atoms with Gasteiger partial charge in [0.25, 0.3) is 0 Å². The number of fused-ring (bicyclic) bond motifs is 1. The highest BCUT2D eigenvalue weighted by Gasteiger charge is 2.56. The number of piperidine rings is 1. The van der Waals surface area contributed by atoms with Gasteiger partial charge in [0.2, 0.25) is 0 Å². The summed E-state index contributed by atoms with van der Waals surface area (Å²) >= 11 is 0. The fraction of sp³-hybridized carbons (Fsp3) is 0.429. The third-order valence-corrected chi connectivity index (χ3v) is 3.88. The monoisotopic (exact) mass is 245 g/mol. The Morgan fingerprint density at radius 2 is 1.94 bits per heavy atom. The minimum Gasteiger partial charge on any atom is -0.445 e. The van der Waals surface area contributed by atoms with Crippen LogP contribution in [0.2, 0.25) is 0 Å². The van der Waals surface area contributed by atoms with E-state index in [1.165, 1.54) is 0 Å². The molecule has 0 radical (unpaired) electrons. The van der Waals surface area contributed by atoms with Crippen LogP contribution in [0.15, 0.2) is 30.3 Å². The molecule has 1 aromatic carbocycles. The van der Waals surface area contributed by atoms with E-state index in [2.05, 4.69) is 0 Å². The number of likely N-dealkylation sites (tertiary alicyclic amines) is 1. The molecule has 1 amide bonds. The minimum absolute atomic E-state index is 0.183. The maximum absolute atomic E-state index is 11.8. The minimum atomic E-state index is -0.268. The zero-order chi connectivity index (χ0) is 12.5. The molecule has 3 atom stereocenters. The van der Waals surface area contributed by atoms with Crippen molar-refractivity contribution in [3.63, 3.8) is 0 Å². The molecule has 1 aliphatic carbocycles. The van der Waals surface area contributed by atoms with Crippen LogP contribution in [0.5, 0.6) is 0 Å². The van der Waals surface area contributed by atoms with Gasteiger partial charge in [-0.2, -0.15) is 0 Å². The number of rotatable bonds is 3. The molecule has 18 heavy (non-hydrogen) atoms. The normalized spacial score (nSPS) is 28.7. The van der Waals surface area contributed by atoms with Crippen molar-refractivity contribution in [3.8, 4) is 0 Å². The summed E-state index contributed by atoms with van der Waals surface area (Å²) in [5, 5.41) is 0. The van der Waals surface area contributed by atoms with E-state index in [0.29, 0.717) is 31.5 Å². The zero-order valence-corrected chi connectivity index (χ0v) is 9.99. The number of nitrogens with zero attached hydrogens (tertiary/aromatic N) is 1. The lowest BCUT2D eigenvalue weighted by Crippen LogP contribution is -2.32. The second-order valence-corrected chi connectivity index (χ2v) is 4.99. The zero-order valence-electron chi connectivity index (χ0n) is 9.99. The van der Waals surface area contributed by atoms with Crippen molar-refractivity contribution in [2.75, 3.05) is 13.1 Å². The largest absolute Gasteiger partial charge is 0.445 e. The molecule has 1 saturated heterocycles. The highest BCUT2D eigenvalue weighted by Crippen LogP contribution is 2.50. The molecule has 4 heteroatoms. The molecule has 1 aromatic rings. The van der Waals surface area contributed by atoms with E-state index in [0.717, 1.165) is 11.8 Å². The molecule has 1 aliphatic heterocycles. The maximum atomic E-state index is 11.8. The van der Waals surface area contributed by atoms with Crippen molar-refractivity contribution in [1.29, 1.82) is 0 Å². The van der Waals surface area contributed by atoms with Gasteiger partial charge in [0.15, 0.2) is 0 Å². The standard InChI is InChI=1S/C14H15NO3/c16-8-13-11-6-15(7-12(11)13)14(17)18-9-10-4-2-1-3-5-10/h1-5,8,11-13H,6-7,9H2/t11-,12+,13+. The first kappa shape index (κ1) is 11.3. The molecule has 94 valence electrons. The Kier molecular flexibility index (Phi) is 2.78. The number of ether oxygens (including phenoxy) is 1. The predicted molar refractivity (Wildman–Crippen MR) is 64.7 cm³/mol. The fourth-order valence-electron chi connectivity index (χ4n) is 2.73. The number of amides is 1. The Labute approximate surface area is 106 Å². The first-order valence-electron chi connectivity index (χ1n) is 6.20. The lowest BCUT2D eigenvalue weighted by atomic mass is 10.2. The topological polar surface area (TPSA) is 46.6 Å². The maximum Gasteiger partial charge on any atom is 0.410 e. The van der Waals surface area contributed by atoms with Gasteiger partial charge in [-0.05, 0) is 17.4 Å². The number of hydrogen-bond donors (Lipinski definition) is 0. The Morgan fingerprint density at radius 1 is 1.28 bits per heavy atom. The Morgan fingerprint density at radius 3 is 2.56 bits per heavy atom. The van der Waals surface area contributed by atoms with Crippen LogP contribution < -0.4 is 0 Å². The summed E-state index contributed by atoms with van der Waals surface area (Å²) in [6.07, 6.45) is 0.748. The Balaban J connectivity index is 1.48. The second-order valence-electron chi connectivity index (χ2n) is 4.99. The third kappa shape index (κ3) is 1.98. The van der Waals surface area contributed by atoms with Crippen LogP contribution in [0.3, 0.4) is 0 Å². The van der Waals surface area contributed by atoms with E-state index < -0.39 is 0 Å². The molecule has 0 spiro atoms. The third-order valence-electron chi connectivity index (χ3n) is 3.88. The number of carbonyl (C=O) groups excluding carboxylic acids is 2. The van der Waals surface area contributed by atoms with Gasteiger partial charge in [-0.25, -0.2) is 4.79 Å². The van der Waals surface area contributed by atoms with E-state index in [4.69, 9.17) is 4.74 Å². The van der Waals surface area contributed by atoms with Gasteiger partial charge < -0.3 is 14.4 Å². The SMILES string of the molecule is O=C[C@@H]1[C@H]2CN(C(=O)OCc3ccccc3)C[C@@H]12. The van der Waals surface area contributed by atoms with Crippen molar-refractivity contribution in [1.82, 2.24) is 4.90 Å². The molecule has 0 aromatic heterocycles. The average Bonchev–Trinajstić information content (AvgIpc) is 2.88. The lowest BCUT2D eigenvalue weighted by Gasteiger charge is -2.18. The van der Waals surface area contributed by atoms with E-state index in [1.807, 2.05) is 30.3 Å². The molecule has 3 rings (SSSR count). The van der Waals surface area contributed by atoms with Gasteiger partial charge in [0.1, 0.15) is 12.9 Å². The number of carbonyl (C=O) groups is 2. The van der Waals surface area contributed by atoms with Crippen LogP contribution in [0.1, 0.15) is 5.56 Å². The van der Waals surface area contributed by atoms with Crippen molar-refractivity contribution in [2.45, 2.75) is 6.61 Å². The molecule has 0 bridgehead atoms. The van der Waals surface area contributed by atoms with Crippen molar-refractivity contribution >= 4 is 12.4 Å². The first-order chi connectivity index (χ1) is 8.79. The molecule has 4 nitrogen and oxygen atoms in total. The average molecular weight is 245 g/mol. The van der Waals surface area contributed by atoms with Gasteiger partial charge in [-0.1, -0.05) is 30.3 Å². The Hall–Kier alpha value is -1.84. The predicted octanol–water partition coefficient (Wildman–Crippen LogP) is 1.70. The first-order valence-corrected chi connectivity index (χ1v) is 6.20. The summed E-state index contributed by atoms with van der Waals surface area (Å²) in [5.41, 5.74) is 0.987. The van der Waals surface area contributed by atoms with Gasteiger partial charge in [0, 0.05) is 19.0 Å². The number of benzene rings is 1. The highest BCUT2D eigenvalue weighted by atomic mass is 16.6. The summed E-state index contributed by atoms with van der Waals surface area (Å²) in [6.45, 7) is 1.64. The molecule has 2 fully saturated rings. The highest BCUT2D eigenvalue weighted by molar-refractivity contribution is 5.70. The smallest absolute Gasteiger partial charge is 0.410 e. The molecule has 1 heterocycles. The van der Waals surface area contributed by atoms with Crippen LogP contribution in [0.25, 0.3) is 0 Å². The van der Waals surface area contributed by atoms with Crippen molar-refractivity contribution in [3.05, 3.63) is 35.9 Å². The fourth-order valence-corrected chi connectivity index (χ4v) is 2.73. The summed E-state index contributed by atoms with van der Waals surface area (Å²) in [5.74, 6) is 0.946. The summed E-state index contributed by atoms with van der Waals surface area (Å²) in [7, 11) is 0. The van der Waals surface area contributed by atoms with Gasteiger partial charge in [-0.15, -0.1) is 0 Å². The van der Waals surface area contributed by atoms with Gasteiger partial charge in [0.05, 0.1) is 0 Å². The van der Waals surface area contributed by atoms with Gasteiger partial charge >= 0.3 is 6.09 Å². The quantitative estimate of drug-likeness (QED) is 0.761. The summed E-state index contributed by atoms with van der Waals surface area (Å²) < 4.78 is 5.25. The van der Waals surface area contributed by atoms with Crippen LogP contribution in [0.4, 0.5) is 4.79 Å². The van der Waals surface area contributed by atoms with Crippen LogP contribution in [0, 0.1) is 17.8 Å². The van der Waals surface area contributed by atoms with Crippen LogP contribution in [-0.2, 0) is 16.1 Å². The van der Waals surface area contributed by atoms with E-state index in [9.17, 15) is 9.59 Å². The van der Waals surface area contributed by atoms with Crippen molar-refractivity contribution in [2.24, 2.45) is 17.8 Å². The molecular weight excluding hydrogens is 230 g/mol. The second kappa shape index (κ2) is 4.44. The van der Waals surface area contributed by atoms with Crippen molar-refractivity contribution < 1.29 is 14.3 Å². The van der Waals surface area contributed by atoms with Crippen LogP contribution in [-0.4, -0.2) is 30.4 Å². The number of hydrogen-bond acceptors (Lipinski definition) is 3. The Bertz CT molecular complexity index is 447. The lowest BCUT2D eigenvalue weighted by molar-refractivity contribution is -0.109. The molecule has 1 saturated carbocycles. The summed E-state index contributed by atoms with van der Waals surface area (Å²) in [6, 6.07) is 9.62. The molecular formula is C14H15NO3. The van der Waals surface area contributed by atoms with Crippen LogP contribution >= 0.6 is 0 Å². The van der Waals surface area contributed by atoms with E-state index >= 15 is 0 Å². The van der Waals surface area contributed by atoms with Gasteiger partial charge in [-0.3, -0.25) is 0 Å². The number of aldehydes is 1. The van der Waals surface area contributed by atoms with E-state index in [1.54, 1.807) is 4.90 Å². The molecule has 2 aliphatic rings. The molecule has 0 unspecified atom stereocenters.